The van der Waals surface area contributed by atoms with Gasteiger partial charge in [0.25, 0.3) is 0 Å². The minimum Gasteiger partial charge on any atom is -0.356 e. The molecule has 0 rings (SSSR count). The Balaban J connectivity index is 3.22. The van der Waals surface area contributed by atoms with Crippen molar-refractivity contribution in [3.63, 3.8) is 0 Å². The van der Waals surface area contributed by atoms with Crippen molar-refractivity contribution in [1.82, 2.24) is 5.32 Å². The summed E-state index contributed by atoms with van der Waals surface area (Å²) in [5.41, 5.74) is 7.99. The molecule has 80 valence electrons. The second-order valence-electron chi connectivity index (χ2n) is 3.12. The Bertz CT molecular complexity index is 199. The number of hydrogen-bond donors (Lipinski definition) is 1. The van der Waals surface area contributed by atoms with Crippen molar-refractivity contribution in [2.75, 3.05) is 13.1 Å². The number of hydrogen-bond acceptors (Lipinski definition) is 2. The molecule has 0 bridgehead atoms. The molecule has 0 radical (unpaired) electrons. The van der Waals surface area contributed by atoms with E-state index in [0.717, 1.165) is 19.3 Å². The summed E-state index contributed by atoms with van der Waals surface area (Å²) in [6.45, 7) is 3.16. The molecule has 0 fully saturated rings. The summed E-state index contributed by atoms with van der Waals surface area (Å²) in [4.78, 5) is 13.8. The summed E-state index contributed by atoms with van der Waals surface area (Å²) in [7, 11) is 0. The van der Waals surface area contributed by atoms with Gasteiger partial charge in [0.15, 0.2) is 0 Å². The van der Waals surface area contributed by atoms with Gasteiger partial charge in [-0.05, 0) is 18.4 Å². The van der Waals surface area contributed by atoms with Crippen LogP contribution in [0.2, 0.25) is 0 Å². The van der Waals surface area contributed by atoms with E-state index in [-0.39, 0.29) is 5.91 Å². The molecule has 0 aromatic rings. The van der Waals surface area contributed by atoms with Gasteiger partial charge in [-0.3, -0.25) is 4.79 Å². The van der Waals surface area contributed by atoms with Gasteiger partial charge in [0.1, 0.15) is 0 Å². The lowest BCUT2D eigenvalue weighted by atomic mass is 10.2. The van der Waals surface area contributed by atoms with E-state index in [2.05, 4.69) is 22.3 Å². The van der Waals surface area contributed by atoms with E-state index in [1.54, 1.807) is 0 Å². The zero-order chi connectivity index (χ0) is 10.6. The molecule has 14 heavy (non-hydrogen) atoms. The van der Waals surface area contributed by atoms with Gasteiger partial charge in [0.2, 0.25) is 5.91 Å². The summed E-state index contributed by atoms with van der Waals surface area (Å²) >= 11 is 0. The number of carbonyl (C=O) groups excluding carboxylic acids is 1. The van der Waals surface area contributed by atoms with Crippen LogP contribution in [0, 0.1) is 0 Å². The molecule has 0 aliphatic carbocycles. The Morgan fingerprint density at radius 2 is 2.21 bits per heavy atom. The van der Waals surface area contributed by atoms with Crippen LogP contribution in [-0.2, 0) is 4.79 Å². The maximum atomic E-state index is 11.1. The first-order chi connectivity index (χ1) is 6.81. The van der Waals surface area contributed by atoms with E-state index in [1.165, 1.54) is 0 Å². The summed E-state index contributed by atoms with van der Waals surface area (Å²) < 4.78 is 0. The third-order valence-corrected chi connectivity index (χ3v) is 1.83. The van der Waals surface area contributed by atoms with E-state index in [9.17, 15) is 4.79 Å². The van der Waals surface area contributed by atoms with Crippen molar-refractivity contribution < 1.29 is 4.79 Å². The molecule has 0 saturated carbocycles. The molecule has 5 nitrogen and oxygen atoms in total. The standard InChI is InChI=1S/C9H18N4O/c1-2-3-4-6-9(14)11-7-5-8-12-13-10/h2-8H2,1H3,(H,11,14). The molecule has 0 heterocycles. The molecule has 5 heteroatoms. The van der Waals surface area contributed by atoms with Gasteiger partial charge in [-0.15, -0.1) is 0 Å². The van der Waals surface area contributed by atoms with Crippen molar-refractivity contribution in [2.24, 2.45) is 5.11 Å². The van der Waals surface area contributed by atoms with Crippen LogP contribution >= 0.6 is 0 Å². The molecular formula is C9H18N4O. The van der Waals surface area contributed by atoms with Crippen LogP contribution in [-0.4, -0.2) is 19.0 Å². The third kappa shape index (κ3) is 8.87. The smallest absolute Gasteiger partial charge is 0.219 e. The van der Waals surface area contributed by atoms with E-state index >= 15 is 0 Å². The van der Waals surface area contributed by atoms with Crippen LogP contribution < -0.4 is 5.32 Å². The molecule has 0 aromatic carbocycles. The minimum absolute atomic E-state index is 0.0967. The minimum atomic E-state index is 0.0967. The Morgan fingerprint density at radius 1 is 1.43 bits per heavy atom. The highest BCUT2D eigenvalue weighted by Gasteiger charge is 1.98. The van der Waals surface area contributed by atoms with Crippen molar-refractivity contribution in [1.29, 1.82) is 0 Å². The van der Waals surface area contributed by atoms with Crippen LogP contribution in [0.15, 0.2) is 5.11 Å². The second-order valence-corrected chi connectivity index (χ2v) is 3.12. The van der Waals surface area contributed by atoms with Crippen LogP contribution in [0.1, 0.15) is 39.0 Å². The second kappa shape index (κ2) is 9.86. The highest BCUT2D eigenvalue weighted by Crippen LogP contribution is 1.98. The molecular weight excluding hydrogens is 180 g/mol. The van der Waals surface area contributed by atoms with Gasteiger partial charge in [-0.25, -0.2) is 0 Å². The molecule has 0 unspecified atom stereocenters. The number of azide groups is 1. The predicted molar refractivity (Wildman–Crippen MR) is 55.8 cm³/mol. The number of carbonyl (C=O) groups is 1. The molecule has 0 aliphatic rings. The molecule has 0 aliphatic heterocycles. The lowest BCUT2D eigenvalue weighted by Crippen LogP contribution is -2.24. The summed E-state index contributed by atoms with van der Waals surface area (Å²) in [5, 5.41) is 6.15. The average Bonchev–Trinajstić information content (AvgIpc) is 2.18. The van der Waals surface area contributed by atoms with Crippen LogP contribution in [0.5, 0.6) is 0 Å². The first-order valence-corrected chi connectivity index (χ1v) is 5.08. The molecule has 0 saturated heterocycles. The molecule has 0 atom stereocenters. The Morgan fingerprint density at radius 3 is 2.86 bits per heavy atom. The largest absolute Gasteiger partial charge is 0.356 e. The lowest BCUT2D eigenvalue weighted by Gasteiger charge is -2.02. The monoisotopic (exact) mass is 198 g/mol. The average molecular weight is 198 g/mol. The SMILES string of the molecule is CCCCCC(=O)NCCCN=[N+]=[N-]. The van der Waals surface area contributed by atoms with Gasteiger partial charge in [-0.1, -0.05) is 24.9 Å². The summed E-state index contributed by atoms with van der Waals surface area (Å²) in [6, 6.07) is 0. The molecule has 1 N–H and O–H groups in total. The van der Waals surface area contributed by atoms with E-state index in [4.69, 9.17) is 5.53 Å². The molecule has 0 spiro atoms. The Labute approximate surface area is 84.5 Å². The molecule has 0 aromatic heterocycles. The van der Waals surface area contributed by atoms with Gasteiger partial charge < -0.3 is 5.32 Å². The van der Waals surface area contributed by atoms with E-state index in [1.807, 2.05) is 0 Å². The number of nitrogens with zero attached hydrogens (tertiary/aromatic N) is 3. The van der Waals surface area contributed by atoms with Gasteiger partial charge >= 0.3 is 0 Å². The number of unbranched alkanes of at least 4 members (excludes halogenated alkanes) is 2. The fraction of sp³-hybridized carbons (Fsp3) is 0.889. The van der Waals surface area contributed by atoms with Gasteiger partial charge in [0.05, 0.1) is 0 Å². The van der Waals surface area contributed by atoms with Crippen LogP contribution in [0.3, 0.4) is 0 Å². The van der Waals surface area contributed by atoms with Crippen molar-refractivity contribution in [2.45, 2.75) is 39.0 Å². The predicted octanol–water partition coefficient (Wildman–Crippen LogP) is 2.38. The summed E-state index contributed by atoms with van der Waals surface area (Å²) in [5.74, 6) is 0.0967. The number of rotatable bonds is 8. The van der Waals surface area contributed by atoms with Crippen molar-refractivity contribution in [3.05, 3.63) is 10.4 Å². The van der Waals surface area contributed by atoms with Gasteiger partial charge in [-0.2, -0.15) is 0 Å². The normalized spacial score (nSPS) is 9.21. The first-order valence-electron chi connectivity index (χ1n) is 5.08. The highest BCUT2D eigenvalue weighted by atomic mass is 16.1. The Kier molecular flexibility index (Phi) is 9.01. The third-order valence-electron chi connectivity index (χ3n) is 1.83. The Hall–Kier alpha value is -1.22. The van der Waals surface area contributed by atoms with Crippen LogP contribution in [0.4, 0.5) is 0 Å². The zero-order valence-corrected chi connectivity index (χ0v) is 8.70. The zero-order valence-electron chi connectivity index (χ0n) is 8.70. The maximum Gasteiger partial charge on any atom is 0.219 e. The fourth-order valence-corrected chi connectivity index (χ4v) is 1.05. The van der Waals surface area contributed by atoms with Gasteiger partial charge in [0, 0.05) is 24.4 Å². The van der Waals surface area contributed by atoms with Crippen molar-refractivity contribution in [3.8, 4) is 0 Å². The van der Waals surface area contributed by atoms with Crippen molar-refractivity contribution >= 4 is 5.91 Å². The molecule has 1 amide bonds. The fourth-order valence-electron chi connectivity index (χ4n) is 1.05. The van der Waals surface area contributed by atoms with E-state index < -0.39 is 0 Å². The number of amides is 1. The number of nitrogens with one attached hydrogen (secondary N) is 1. The highest BCUT2D eigenvalue weighted by molar-refractivity contribution is 5.75. The topological polar surface area (TPSA) is 77.9 Å². The van der Waals surface area contributed by atoms with E-state index in [0.29, 0.717) is 25.9 Å². The summed E-state index contributed by atoms with van der Waals surface area (Å²) in [6.07, 6.45) is 4.51. The maximum absolute atomic E-state index is 11.1. The van der Waals surface area contributed by atoms with Crippen LogP contribution in [0.25, 0.3) is 10.4 Å². The first kappa shape index (κ1) is 12.8. The quantitative estimate of drug-likeness (QED) is 0.276. The lowest BCUT2D eigenvalue weighted by molar-refractivity contribution is -0.121.